The van der Waals surface area contributed by atoms with Crippen LogP contribution in [0.2, 0.25) is 0 Å². The van der Waals surface area contributed by atoms with Gasteiger partial charge in [-0.2, -0.15) is 5.10 Å². The second kappa shape index (κ2) is 9.91. The summed E-state index contributed by atoms with van der Waals surface area (Å²) >= 11 is 0. The molecule has 7 heteroatoms. The molecular weight excluding hydrogens is 445 g/mol. The lowest BCUT2D eigenvalue weighted by Crippen LogP contribution is -3.00. The standard InChI is InChI=1S/C19H28N3O3.HI/c1-6-24-19(23)17-15(2)20-21(14-16-10-8-7-9-11-16)18(17)25-13-12-22(3,4)5;/h7-11H,6,12-14H2,1-5H3;1H/q+1;/p-1. The van der Waals surface area contributed by atoms with E-state index in [0.717, 1.165) is 16.6 Å². The number of likely N-dealkylation sites (N-methyl/N-ethyl adjacent to an activating group) is 1. The summed E-state index contributed by atoms with van der Waals surface area (Å²) < 4.78 is 13.7. The Balaban J connectivity index is 0.00000338. The molecule has 26 heavy (non-hydrogen) atoms. The smallest absolute Gasteiger partial charge is 0.345 e. The van der Waals surface area contributed by atoms with Crippen LogP contribution in [-0.2, 0) is 11.3 Å². The van der Waals surface area contributed by atoms with Crippen molar-refractivity contribution in [2.45, 2.75) is 20.4 Å². The summed E-state index contributed by atoms with van der Waals surface area (Å²) in [6.07, 6.45) is 0. The molecule has 0 aliphatic carbocycles. The molecule has 0 N–H and O–H groups in total. The van der Waals surface area contributed by atoms with Crippen LogP contribution in [0.25, 0.3) is 0 Å². The van der Waals surface area contributed by atoms with Crippen molar-refractivity contribution in [2.24, 2.45) is 0 Å². The first-order valence-electron chi connectivity index (χ1n) is 8.53. The van der Waals surface area contributed by atoms with Crippen LogP contribution >= 0.6 is 0 Å². The van der Waals surface area contributed by atoms with Crippen LogP contribution in [0.3, 0.4) is 0 Å². The molecule has 0 aliphatic rings. The Morgan fingerprint density at radius 1 is 1.19 bits per heavy atom. The van der Waals surface area contributed by atoms with Gasteiger partial charge in [-0.25, -0.2) is 9.48 Å². The van der Waals surface area contributed by atoms with Crippen molar-refractivity contribution in [1.29, 1.82) is 0 Å². The number of esters is 1. The quantitative estimate of drug-likeness (QED) is 0.295. The fraction of sp³-hybridized carbons (Fsp3) is 0.474. The van der Waals surface area contributed by atoms with E-state index in [1.807, 2.05) is 30.3 Å². The zero-order valence-electron chi connectivity index (χ0n) is 16.2. The molecule has 2 rings (SSSR count). The molecule has 0 amide bonds. The third kappa shape index (κ3) is 6.28. The summed E-state index contributed by atoms with van der Waals surface area (Å²) in [5.74, 6) is 0.0906. The Labute approximate surface area is 172 Å². The predicted octanol–water partition coefficient (Wildman–Crippen LogP) is -0.494. The van der Waals surface area contributed by atoms with Gasteiger partial charge in [-0.15, -0.1) is 0 Å². The maximum absolute atomic E-state index is 12.4. The molecule has 0 aliphatic heterocycles. The second-order valence-corrected chi connectivity index (χ2v) is 6.99. The van der Waals surface area contributed by atoms with Crippen LogP contribution < -0.4 is 28.7 Å². The summed E-state index contributed by atoms with van der Waals surface area (Å²) in [5.41, 5.74) is 2.13. The number of halogens is 1. The number of rotatable bonds is 8. The van der Waals surface area contributed by atoms with E-state index in [9.17, 15) is 4.79 Å². The molecule has 0 saturated carbocycles. The molecule has 1 aromatic heterocycles. The Morgan fingerprint density at radius 3 is 2.42 bits per heavy atom. The van der Waals surface area contributed by atoms with Crippen LogP contribution in [0, 0.1) is 6.92 Å². The lowest BCUT2D eigenvalue weighted by atomic mass is 10.2. The van der Waals surface area contributed by atoms with E-state index in [2.05, 4.69) is 26.2 Å². The van der Waals surface area contributed by atoms with Crippen molar-refractivity contribution in [3.63, 3.8) is 0 Å². The fourth-order valence-electron chi connectivity index (χ4n) is 2.42. The molecule has 0 unspecified atom stereocenters. The minimum absolute atomic E-state index is 0. The lowest BCUT2D eigenvalue weighted by Gasteiger charge is -2.23. The summed E-state index contributed by atoms with van der Waals surface area (Å²) in [6.45, 7) is 5.77. The highest BCUT2D eigenvalue weighted by Crippen LogP contribution is 2.24. The Bertz CT molecular complexity index is 709. The Kier molecular flexibility index (Phi) is 8.55. The van der Waals surface area contributed by atoms with Crippen LogP contribution in [0.4, 0.5) is 0 Å². The molecule has 0 saturated heterocycles. The number of carbonyl (C=O) groups is 1. The monoisotopic (exact) mass is 473 g/mol. The van der Waals surface area contributed by atoms with Gasteiger partial charge in [0.25, 0.3) is 0 Å². The molecular formula is C19H28IN3O3. The third-order valence-electron chi connectivity index (χ3n) is 3.74. The van der Waals surface area contributed by atoms with Crippen molar-refractivity contribution in [3.05, 3.63) is 47.2 Å². The minimum atomic E-state index is -0.389. The van der Waals surface area contributed by atoms with Crippen LogP contribution in [0.1, 0.15) is 28.5 Å². The molecule has 0 spiro atoms. The minimum Gasteiger partial charge on any atom is -1.00 e. The van der Waals surface area contributed by atoms with E-state index in [4.69, 9.17) is 9.47 Å². The highest BCUT2D eigenvalue weighted by Gasteiger charge is 2.25. The predicted molar refractivity (Wildman–Crippen MR) is 96.9 cm³/mol. The largest absolute Gasteiger partial charge is 1.00 e. The first-order chi connectivity index (χ1) is 11.8. The van der Waals surface area contributed by atoms with Gasteiger partial charge in [0, 0.05) is 0 Å². The Morgan fingerprint density at radius 2 is 1.85 bits per heavy atom. The van der Waals surface area contributed by atoms with E-state index < -0.39 is 0 Å². The third-order valence-corrected chi connectivity index (χ3v) is 3.74. The van der Waals surface area contributed by atoms with Crippen molar-refractivity contribution in [2.75, 3.05) is 40.9 Å². The van der Waals surface area contributed by atoms with E-state index in [1.54, 1.807) is 18.5 Å². The topological polar surface area (TPSA) is 53.3 Å². The number of hydrogen-bond acceptors (Lipinski definition) is 4. The molecule has 0 radical (unpaired) electrons. The number of quaternary nitrogens is 1. The number of nitrogens with zero attached hydrogens (tertiary/aromatic N) is 3. The van der Waals surface area contributed by atoms with Crippen molar-refractivity contribution >= 4 is 5.97 Å². The van der Waals surface area contributed by atoms with Gasteiger partial charge in [-0.05, 0) is 19.4 Å². The van der Waals surface area contributed by atoms with Gasteiger partial charge in [-0.3, -0.25) is 0 Å². The zero-order valence-corrected chi connectivity index (χ0v) is 18.3. The molecule has 2 aromatic rings. The fourth-order valence-corrected chi connectivity index (χ4v) is 2.42. The summed E-state index contributed by atoms with van der Waals surface area (Å²) in [6, 6.07) is 9.99. The number of aryl methyl sites for hydroxylation is 1. The first kappa shape index (κ1) is 22.4. The first-order valence-corrected chi connectivity index (χ1v) is 8.53. The number of benzene rings is 1. The number of hydrogen-bond donors (Lipinski definition) is 0. The molecule has 0 atom stereocenters. The average molecular weight is 473 g/mol. The van der Waals surface area contributed by atoms with Gasteiger partial charge in [-0.1, -0.05) is 30.3 Å². The van der Waals surface area contributed by atoms with Crippen LogP contribution in [0.15, 0.2) is 30.3 Å². The van der Waals surface area contributed by atoms with Gasteiger partial charge in [0.2, 0.25) is 5.88 Å². The molecule has 0 fully saturated rings. The van der Waals surface area contributed by atoms with Gasteiger partial charge in [0.15, 0.2) is 0 Å². The summed E-state index contributed by atoms with van der Waals surface area (Å²) in [5, 5.41) is 4.51. The van der Waals surface area contributed by atoms with Gasteiger partial charge < -0.3 is 37.9 Å². The molecule has 1 aromatic carbocycles. The van der Waals surface area contributed by atoms with Gasteiger partial charge >= 0.3 is 5.97 Å². The van der Waals surface area contributed by atoms with E-state index >= 15 is 0 Å². The van der Waals surface area contributed by atoms with E-state index in [1.165, 1.54) is 0 Å². The summed E-state index contributed by atoms with van der Waals surface area (Å²) in [7, 11) is 6.30. The molecule has 144 valence electrons. The average Bonchev–Trinajstić information content (AvgIpc) is 2.83. The van der Waals surface area contributed by atoms with Crippen molar-refractivity contribution in [1.82, 2.24) is 9.78 Å². The SMILES string of the molecule is CCOC(=O)c1c(C)nn(Cc2ccccc2)c1OCC[N+](C)(C)C.[I-]. The normalized spacial score (nSPS) is 11.0. The highest BCUT2D eigenvalue weighted by molar-refractivity contribution is 5.93. The zero-order chi connectivity index (χ0) is 18.4. The van der Waals surface area contributed by atoms with Crippen molar-refractivity contribution in [3.8, 4) is 5.88 Å². The number of ether oxygens (including phenoxy) is 2. The van der Waals surface area contributed by atoms with Gasteiger partial charge in [0.05, 0.1) is 40.0 Å². The molecule has 6 nitrogen and oxygen atoms in total. The Hall–Kier alpha value is -1.61. The van der Waals surface area contributed by atoms with Crippen LogP contribution in [0.5, 0.6) is 5.88 Å². The lowest BCUT2D eigenvalue weighted by molar-refractivity contribution is -0.870. The molecule has 0 bridgehead atoms. The summed E-state index contributed by atoms with van der Waals surface area (Å²) in [4.78, 5) is 12.4. The van der Waals surface area contributed by atoms with E-state index in [0.29, 0.717) is 36.9 Å². The maximum atomic E-state index is 12.4. The number of aromatic nitrogens is 2. The van der Waals surface area contributed by atoms with Crippen LogP contribution in [-0.4, -0.2) is 61.1 Å². The molecule has 1 heterocycles. The van der Waals surface area contributed by atoms with E-state index in [-0.39, 0.29) is 29.9 Å². The highest BCUT2D eigenvalue weighted by atomic mass is 127. The maximum Gasteiger partial charge on any atom is 0.345 e. The number of carbonyl (C=O) groups excluding carboxylic acids is 1. The van der Waals surface area contributed by atoms with Gasteiger partial charge in [0.1, 0.15) is 18.7 Å². The van der Waals surface area contributed by atoms with Crippen molar-refractivity contribution < 1.29 is 42.7 Å². The second-order valence-electron chi connectivity index (χ2n) is 6.99.